The maximum atomic E-state index is 5.31. The lowest BCUT2D eigenvalue weighted by atomic mass is 10.1. The number of nitrogens with zero attached hydrogens (tertiary/aromatic N) is 1. The van der Waals surface area contributed by atoms with Crippen molar-refractivity contribution in [3.8, 4) is 0 Å². The van der Waals surface area contributed by atoms with Crippen molar-refractivity contribution in [2.75, 3.05) is 13.2 Å². The minimum Gasteiger partial charge on any atom is -0.380 e. The quantitative estimate of drug-likeness (QED) is 0.788. The average molecular weight is 192 g/mol. The van der Waals surface area contributed by atoms with Gasteiger partial charge in [-0.1, -0.05) is 6.07 Å². The molecule has 2 heterocycles. The summed E-state index contributed by atoms with van der Waals surface area (Å²) >= 11 is 0. The van der Waals surface area contributed by atoms with Crippen molar-refractivity contribution >= 4 is 0 Å². The van der Waals surface area contributed by atoms with Gasteiger partial charge in [0.25, 0.3) is 0 Å². The van der Waals surface area contributed by atoms with Gasteiger partial charge in [-0.2, -0.15) is 0 Å². The molecular formula is C11H16N2O. The Kier molecular flexibility index (Phi) is 3.11. The lowest BCUT2D eigenvalue weighted by molar-refractivity contribution is 0.188. The molecule has 1 unspecified atom stereocenters. The topological polar surface area (TPSA) is 34.1 Å². The normalized spacial score (nSPS) is 23.6. The van der Waals surface area contributed by atoms with E-state index in [1.807, 2.05) is 24.4 Å². The summed E-state index contributed by atoms with van der Waals surface area (Å²) in [5.74, 6) is 0. The summed E-state index contributed by atoms with van der Waals surface area (Å²) in [5, 5.41) is 3.51. The van der Waals surface area contributed by atoms with E-state index < -0.39 is 0 Å². The van der Waals surface area contributed by atoms with Crippen molar-refractivity contribution in [2.45, 2.75) is 25.4 Å². The second-order valence-corrected chi connectivity index (χ2v) is 3.70. The van der Waals surface area contributed by atoms with Crippen LogP contribution in [0, 0.1) is 0 Å². The van der Waals surface area contributed by atoms with Crippen LogP contribution in [0.4, 0.5) is 0 Å². The second kappa shape index (κ2) is 4.53. The SMILES string of the molecule is C[C@H](NC1CCOC1)c1ccccn1. The first-order valence-corrected chi connectivity index (χ1v) is 5.11. The Bertz CT molecular complexity index is 270. The average Bonchev–Trinajstić information content (AvgIpc) is 2.72. The molecule has 3 heteroatoms. The molecule has 1 fully saturated rings. The number of aromatic nitrogens is 1. The standard InChI is InChI=1S/C11H16N2O/c1-9(11-4-2-3-6-12-11)13-10-5-7-14-8-10/h2-4,6,9-10,13H,5,7-8H2,1H3/t9-,10?/m0/s1. The van der Waals surface area contributed by atoms with Gasteiger partial charge in [0, 0.05) is 24.9 Å². The number of nitrogens with one attached hydrogen (secondary N) is 1. The molecule has 0 amide bonds. The van der Waals surface area contributed by atoms with Crippen molar-refractivity contribution in [2.24, 2.45) is 0 Å². The molecule has 0 radical (unpaired) electrons. The van der Waals surface area contributed by atoms with E-state index in [1.165, 1.54) is 0 Å². The number of hydrogen-bond donors (Lipinski definition) is 1. The Morgan fingerprint density at radius 1 is 1.57 bits per heavy atom. The Hall–Kier alpha value is -0.930. The van der Waals surface area contributed by atoms with Crippen LogP contribution in [0.5, 0.6) is 0 Å². The largest absolute Gasteiger partial charge is 0.380 e. The molecule has 0 aromatic carbocycles. The van der Waals surface area contributed by atoms with Gasteiger partial charge in [-0.05, 0) is 25.5 Å². The van der Waals surface area contributed by atoms with Gasteiger partial charge < -0.3 is 10.1 Å². The summed E-state index contributed by atoms with van der Waals surface area (Å²) in [7, 11) is 0. The van der Waals surface area contributed by atoms with Crippen molar-refractivity contribution in [1.29, 1.82) is 0 Å². The molecule has 1 aliphatic rings. The predicted octanol–water partition coefficient (Wildman–Crippen LogP) is 1.52. The minimum atomic E-state index is 0.308. The van der Waals surface area contributed by atoms with Crippen LogP contribution in [0.1, 0.15) is 25.1 Å². The third-order valence-corrected chi connectivity index (χ3v) is 2.55. The summed E-state index contributed by atoms with van der Waals surface area (Å²) in [6.45, 7) is 3.85. The molecule has 1 N–H and O–H groups in total. The number of hydrogen-bond acceptors (Lipinski definition) is 3. The van der Waals surface area contributed by atoms with Gasteiger partial charge in [0.2, 0.25) is 0 Å². The zero-order chi connectivity index (χ0) is 9.80. The first kappa shape index (κ1) is 9.62. The van der Waals surface area contributed by atoms with Crippen LogP contribution in [0.25, 0.3) is 0 Å². The van der Waals surface area contributed by atoms with Crippen molar-refractivity contribution in [3.63, 3.8) is 0 Å². The fourth-order valence-electron chi connectivity index (χ4n) is 1.74. The summed E-state index contributed by atoms with van der Waals surface area (Å²) in [6.07, 6.45) is 2.94. The fraction of sp³-hybridized carbons (Fsp3) is 0.545. The van der Waals surface area contributed by atoms with Crippen LogP contribution in [-0.2, 0) is 4.74 Å². The summed E-state index contributed by atoms with van der Waals surface area (Å²) in [6, 6.07) is 6.81. The maximum absolute atomic E-state index is 5.31. The van der Waals surface area contributed by atoms with E-state index in [0.29, 0.717) is 12.1 Å². The molecule has 2 rings (SSSR count). The third-order valence-electron chi connectivity index (χ3n) is 2.55. The molecule has 0 saturated carbocycles. The van der Waals surface area contributed by atoms with Gasteiger partial charge in [-0.25, -0.2) is 0 Å². The zero-order valence-corrected chi connectivity index (χ0v) is 8.44. The first-order chi connectivity index (χ1) is 6.86. The van der Waals surface area contributed by atoms with Crippen LogP contribution in [-0.4, -0.2) is 24.2 Å². The zero-order valence-electron chi connectivity index (χ0n) is 8.44. The number of pyridine rings is 1. The molecule has 0 spiro atoms. The fourth-order valence-corrected chi connectivity index (χ4v) is 1.74. The Morgan fingerprint density at radius 2 is 2.50 bits per heavy atom. The van der Waals surface area contributed by atoms with Crippen LogP contribution in [0.3, 0.4) is 0 Å². The molecule has 3 nitrogen and oxygen atoms in total. The molecule has 1 aromatic heterocycles. The first-order valence-electron chi connectivity index (χ1n) is 5.11. The Labute approximate surface area is 84.5 Å². The van der Waals surface area contributed by atoms with Gasteiger partial charge in [0.05, 0.1) is 12.3 Å². The van der Waals surface area contributed by atoms with Gasteiger partial charge in [0.1, 0.15) is 0 Å². The van der Waals surface area contributed by atoms with E-state index in [2.05, 4.69) is 17.2 Å². The summed E-state index contributed by atoms with van der Waals surface area (Å²) in [5.41, 5.74) is 1.10. The summed E-state index contributed by atoms with van der Waals surface area (Å²) in [4.78, 5) is 4.32. The highest BCUT2D eigenvalue weighted by Gasteiger charge is 2.18. The molecule has 0 bridgehead atoms. The van der Waals surface area contributed by atoms with Crippen LogP contribution in [0.15, 0.2) is 24.4 Å². The van der Waals surface area contributed by atoms with E-state index in [1.54, 1.807) is 0 Å². The molecule has 1 aliphatic heterocycles. The van der Waals surface area contributed by atoms with Crippen molar-refractivity contribution < 1.29 is 4.74 Å². The Morgan fingerprint density at radius 3 is 3.14 bits per heavy atom. The minimum absolute atomic E-state index is 0.308. The lowest BCUT2D eigenvalue weighted by Gasteiger charge is -2.17. The molecule has 1 aromatic rings. The monoisotopic (exact) mass is 192 g/mol. The van der Waals surface area contributed by atoms with E-state index in [0.717, 1.165) is 25.3 Å². The van der Waals surface area contributed by atoms with E-state index >= 15 is 0 Å². The molecule has 2 atom stereocenters. The molecule has 14 heavy (non-hydrogen) atoms. The predicted molar refractivity (Wildman–Crippen MR) is 55.0 cm³/mol. The van der Waals surface area contributed by atoms with E-state index in [9.17, 15) is 0 Å². The molecule has 0 aliphatic carbocycles. The van der Waals surface area contributed by atoms with Gasteiger partial charge >= 0.3 is 0 Å². The Balaban J connectivity index is 1.92. The van der Waals surface area contributed by atoms with Crippen molar-refractivity contribution in [3.05, 3.63) is 30.1 Å². The van der Waals surface area contributed by atoms with Gasteiger partial charge in [-0.15, -0.1) is 0 Å². The van der Waals surface area contributed by atoms with Gasteiger partial charge in [-0.3, -0.25) is 4.98 Å². The third kappa shape index (κ3) is 2.30. The van der Waals surface area contributed by atoms with Crippen LogP contribution >= 0.6 is 0 Å². The highest BCUT2D eigenvalue weighted by atomic mass is 16.5. The smallest absolute Gasteiger partial charge is 0.0620 e. The molecule has 76 valence electrons. The van der Waals surface area contributed by atoms with Crippen molar-refractivity contribution in [1.82, 2.24) is 10.3 Å². The second-order valence-electron chi connectivity index (χ2n) is 3.70. The lowest BCUT2D eigenvalue weighted by Crippen LogP contribution is -2.32. The van der Waals surface area contributed by atoms with Gasteiger partial charge in [0.15, 0.2) is 0 Å². The number of rotatable bonds is 3. The number of ether oxygens (including phenoxy) is 1. The summed E-state index contributed by atoms with van der Waals surface area (Å²) < 4.78 is 5.31. The molecular weight excluding hydrogens is 176 g/mol. The highest BCUT2D eigenvalue weighted by Crippen LogP contribution is 2.12. The van der Waals surface area contributed by atoms with Crippen LogP contribution in [0.2, 0.25) is 0 Å². The van der Waals surface area contributed by atoms with Crippen LogP contribution < -0.4 is 5.32 Å². The molecule has 1 saturated heterocycles. The highest BCUT2D eigenvalue weighted by molar-refractivity contribution is 5.07. The van der Waals surface area contributed by atoms with E-state index in [-0.39, 0.29) is 0 Å². The van der Waals surface area contributed by atoms with E-state index in [4.69, 9.17) is 4.74 Å². The maximum Gasteiger partial charge on any atom is 0.0620 e.